The van der Waals surface area contributed by atoms with Crippen molar-refractivity contribution >= 4 is 45.6 Å². The van der Waals surface area contributed by atoms with Gasteiger partial charge < -0.3 is 10.1 Å². The van der Waals surface area contributed by atoms with Gasteiger partial charge in [0.1, 0.15) is 11.4 Å². The van der Waals surface area contributed by atoms with Gasteiger partial charge in [0.05, 0.1) is 17.3 Å². The van der Waals surface area contributed by atoms with Crippen molar-refractivity contribution in [3.8, 4) is 17.1 Å². The lowest BCUT2D eigenvalue weighted by Gasteiger charge is -2.08. The smallest absolute Gasteiger partial charge is 0.226 e. The quantitative estimate of drug-likeness (QED) is 0.538. The molecule has 3 aromatic rings. The fraction of sp³-hybridized carbons (Fsp3) is 0.167. The van der Waals surface area contributed by atoms with Crippen LogP contribution in [0.4, 0.5) is 5.13 Å². The van der Waals surface area contributed by atoms with E-state index < -0.39 is 0 Å². The Morgan fingerprint density at radius 3 is 2.85 bits per heavy atom. The molecule has 0 fully saturated rings. The average Bonchev–Trinajstić information content (AvgIpc) is 3.09. The molecule has 0 aliphatic carbocycles. The van der Waals surface area contributed by atoms with Gasteiger partial charge in [0.25, 0.3) is 0 Å². The van der Waals surface area contributed by atoms with Crippen LogP contribution in [0.3, 0.4) is 0 Å². The number of carbonyl (C=O) groups is 1. The molecule has 134 valence electrons. The summed E-state index contributed by atoms with van der Waals surface area (Å²) in [6.45, 7) is 0.381. The van der Waals surface area contributed by atoms with Gasteiger partial charge in [-0.05, 0) is 36.8 Å². The van der Waals surface area contributed by atoms with Crippen molar-refractivity contribution in [3.63, 3.8) is 0 Å². The summed E-state index contributed by atoms with van der Waals surface area (Å²) in [4.78, 5) is 20.6. The third kappa shape index (κ3) is 5.17. The van der Waals surface area contributed by atoms with Crippen LogP contribution in [0, 0.1) is 0 Å². The Labute approximate surface area is 165 Å². The molecule has 0 atom stereocenters. The number of benzene rings is 1. The van der Waals surface area contributed by atoms with E-state index in [0.29, 0.717) is 40.4 Å². The first-order chi connectivity index (χ1) is 12.6. The summed E-state index contributed by atoms with van der Waals surface area (Å²) in [6.07, 6.45) is 2.59. The molecule has 1 N–H and O–H groups in total. The Morgan fingerprint density at radius 1 is 1.19 bits per heavy atom. The first-order valence-corrected chi connectivity index (χ1v) is 9.50. The van der Waals surface area contributed by atoms with Gasteiger partial charge in [-0.2, -0.15) is 0 Å². The van der Waals surface area contributed by atoms with Crippen molar-refractivity contribution in [3.05, 3.63) is 58.0 Å². The van der Waals surface area contributed by atoms with Crippen LogP contribution in [0.5, 0.6) is 5.75 Å². The molecule has 26 heavy (non-hydrogen) atoms. The Bertz CT molecular complexity index is 887. The van der Waals surface area contributed by atoms with Crippen LogP contribution >= 0.6 is 34.5 Å². The Morgan fingerprint density at radius 2 is 2.08 bits per heavy atom. The molecule has 2 aromatic heterocycles. The van der Waals surface area contributed by atoms with E-state index >= 15 is 0 Å². The summed E-state index contributed by atoms with van der Waals surface area (Å²) < 4.78 is 5.56. The third-order valence-corrected chi connectivity index (χ3v) is 4.67. The Balaban J connectivity index is 1.44. The highest BCUT2D eigenvalue weighted by atomic mass is 35.5. The summed E-state index contributed by atoms with van der Waals surface area (Å²) in [5, 5.41) is 6.21. The van der Waals surface area contributed by atoms with Crippen LogP contribution in [0.25, 0.3) is 11.4 Å². The van der Waals surface area contributed by atoms with E-state index in [0.717, 1.165) is 11.4 Å². The number of thiazole rings is 1. The highest BCUT2D eigenvalue weighted by molar-refractivity contribution is 7.14. The zero-order chi connectivity index (χ0) is 18.4. The summed E-state index contributed by atoms with van der Waals surface area (Å²) >= 11 is 13.2. The van der Waals surface area contributed by atoms with Gasteiger partial charge >= 0.3 is 0 Å². The lowest BCUT2D eigenvalue weighted by atomic mass is 10.3. The van der Waals surface area contributed by atoms with Crippen LogP contribution < -0.4 is 10.1 Å². The first-order valence-electron chi connectivity index (χ1n) is 7.86. The number of aromatic nitrogens is 2. The molecule has 1 amide bonds. The lowest BCUT2D eigenvalue weighted by Crippen LogP contribution is -2.12. The predicted molar refractivity (Wildman–Crippen MR) is 105 cm³/mol. The number of amides is 1. The minimum atomic E-state index is -0.113. The maximum atomic E-state index is 12.0. The number of carbonyl (C=O) groups excluding carboxylic acids is 1. The van der Waals surface area contributed by atoms with Gasteiger partial charge in [0.2, 0.25) is 5.91 Å². The normalized spacial score (nSPS) is 10.5. The summed E-state index contributed by atoms with van der Waals surface area (Å²) in [7, 11) is 0. The first kappa shape index (κ1) is 18.6. The molecule has 0 aliphatic rings. The van der Waals surface area contributed by atoms with Crippen molar-refractivity contribution < 1.29 is 9.53 Å². The minimum Gasteiger partial charge on any atom is -0.492 e. The second kappa shape index (κ2) is 8.98. The molecule has 5 nitrogen and oxygen atoms in total. The van der Waals surface area contributed by atoms with E-state index in [2.05, 4.69) is 15.3 Å². The van der Waals surface area contributed by atoms with Gasteiger partial charge in [0.15, 0.2) is 5.13 Å². The molecular weight excluding hydrogens is 393 g/mol. The van der Waals surface area contributed by atoms with Crippen LogP contribution in [-0.2, 0) is 4.79 Å². The number of hydrogen-bond donors (Lipinski definition) is 1. The third-order valence-electron chi connectivity index (χ3n) is 3.38. The Hall–Kier alpha value is -2.15. The molecule has 2 heterocycles. The summed E-state index contributed by atoms with van der Waals surface area (Å²) in [5.74, 6) is 0.439. The monoisotopic (exact) mass is 407 g/mol. The molecule has 0 spiro atoms. The number of rotatable bonds is 7. The van der Waals surface area contributed by atoms with E-state index in [1.54, 1.807) is 24.4 Å². The number of pyridine rings is 1. The Kier molecular flexibility index (Phi) is 6.44. The summed E-state index contributed by atoms with van der Waals surface area (Å²) in [6, 6.07) is 10.6. The fourth-order valence-corrected chi connectivity index (χ4v) is 3.34. The van der Waals surface area contributed by atoms with Gasteiger partial charge in [0, 0.05) is 23.0 Å². The van der Waals surface area contributed by atoms with Crippen molar-refractivity contribution in [1.82, 2.24) is 9.97 Å². The minimum absolute atomic E-state index is 0.113. The van der Waals surface area contributed by atoms with E-state index in [9.17, 15) is 4.79 Å². The predicted octanol–water partition coefficient (Wildman–Crippen LogP) is 5.31. The zero-order valence-corrected chi connectivity index (χ0v) is 15.9. The highest BCUT2D eigenvalue weighted by Crippen LogP contribution is 2.27. The van der Waals surface area contributed by atoms with E-state index in [1.807, 2.05) is 23.6 Å². The molecule has 0 bridgehead atoms. The van der Waals surface area contributed by atoms with Crippen LogP contribution in [0.1, 0.15) is 12.8 Å². The zero-order valence-electron chi connectivity index (χ0n) is 13.6. The van der Waals surface area contributed by atoms with Crippen molar-refractivity contribution in [2.45, 2.75) is 12.8 Å². The van der Waals surface area contributed by atoms with Gasteiger partial charge in [-0.1, -0.05) is 29.3 Å². The maximum absolute atomic E-state index is 12.0. The maximum Gasteiger partial charge on any atom is 0.226 e. The highest BCUT2D eigenvalue weighted by Gasteiger charge is 2.09. The van der Waals surface area contributed by atoms with Gasteiger partial charge in [-0.15, -0.1) is 11.3 Å². The SMILES string of the molecule is O=C(CCCOc1ccc(Cl)cc1Cl)Nc1nc(-c2ccccn2)cs1. The molecule has 0 saturated carbocycles. The van der Waals surface area contributed by atoms with Crippen LogP contribution in [-0.4, -0.2) is 22.5 Å². The topological polar surface area (TPSA) is 64.1 Å². The molecule has 0 saturated heterocycles. The largest absolute Gasteiger partial charge is 0.492 e. The molecule has 0 radical (unpaired) electrons. The second-order valence-electron chi connectivity index (χ2n) is 5.33. The van der Waals surface area contributed by atoms with Crippen molar-refractivity contribution in [2.75, 3.05) is 11.9 Å². The molecular formula is C18H15Cl2N3O2S. The molecule has 1 aromatic carbocycles. The molecule has 0 aliphatic heterocycles. The van der Waals surface area contributed by atoms with E-state index in [1.165, 1.54) is 11.3 Å². The number of hydrogen-bond acceptors (Lipinski definition) is 5. The lowest BCUT2D eigenvalue weighted by molar-refractivity contribution is -0.116. The van der Waals surface area contributed by atoms with Crippen molar-refractivity contribution in [1.29, 1.82) is 0 Å². The van der Waals surface area contributed by atoms with Gasteiger partial charge in [-0.25, -0.2) is 4.98 Å². The standard InChI is InChI=1S/C18H15Cl2N3O2S/c19-12-6-7-16(13(20)10-12)25-9-3-5-17(24)23-18-22-15(11-26-18)14-4-1-2-8-21-14/h1-2,4,6-8,10-11H,3,5,9H2,(H,22,23,24). The van der Waals surface area contributed by atoms with Crippen LogP contribution in [0.2, 0.25) is 10.0 Å². The molecule has 8 heteroatoms. The van der Waals surface area contributed by atoms with Gasteiger partial charge in [-0.3, -0.25) is 9.78 Å². The number of nitrogens with one attached hydrogen (secondary N) is 1. The average molecular weight is 408 g/mol. The number of ether oxygens (including phenoxy) is 1. The second-order valence-corrected chi connectivity index (χ2v) is 7.03. The summed E-state index contributed by atoms with van der Waals surface area (Å²) in [5.41, 5.74) is 1.52. The number of nitrogens with zero attached hydrogens (tertiary/aromatic N) is 2. The van der Waals surface area contributed by atoms with E-state index in [4.69, 9.17) is 27.9 Å². The molecule has 3 rings (SSSR count). The van der Waals surface area contributed by atoms with E-state index in [-0.39, 0.29) is 5.91 Å². The van der Waals surface area contributed by atoms with Crippen LogP contribution in [0.15, 0.2) is 48.0 Å². The fourth-order valence-electron chi connectivity index (χ4n) is 2.15. The molecule has 0 unspecified atom stereocenters. The number of anilines is 1. The number of halogens is 2. The van der Waals surface area contributed by atoms with Crippen molar-refractivity contribution in [2.24, 2.45) is 0 Å².